The van der Waals surface area contributed by atoms with Crippen LogP contribution < -0.4 is 4.90 Å². The smallest absolute Gasteiger partial charge is 0.331 e. The molecule has 1 amide bonds. The van der Waals surface area contributed by atoms with Crippen LogP contribution in [0, 0.1) is 18.8 Å². The SMILES string of the molecule is Cc1cncc(S(=O)(=O)N2CCC(CN(C(=O)C3CCC(O)CC3)c3cccc(/C=C/C(=O)OC(C)C)c3)CC2)c1. The Morgan fingerprint density at radius 2 is 1.80 bits per heavy atom. The quantitative estimate of drug-likeness (QED) is 0.345. The number of aromatic nitrogens is 1. The van der Waals surface area contributed by atoms with Gasteiger partial charge in [0.2, 0.25) is 15.9 Å². The van der Waals surface area contributed by atoms with E-state index in [1.54, 1.807) is 32.2 Å². The second-order valence-electron chi connectivity index (χ2n) is 11.4. The molecule has 0 bridgehead atoms. The van der Waals surface area contributed by atoms with E-state index < -0.39 is 16.0 Å². The molecule has 10 heteroatoms. The molecular formula is C31H41N3O6S. The number of hydrogen-bond donors (Lipinski definition) is 1. The number of hydrogen-bond acceptors (Lipinski definition) is 7. The third-order valence-corrected chi connectivity index (χ3v) is 9.62. The number of esters is 1. The fourth-order valence-electron chi connectivity index (χ4n) is 5.51. The van der Waals surface area contributed by atoms with Gasteiger partial charge in [-0.15, -0.1) is 0 Å². The van der Waals surface area contributed by atoms with Gasteiger partial charge in [-0.1, -0.05) is 12.1 Å². The minimum Gasteiger partial charge on any atom is -0.460 e. The van der Waals surface area contributed by atoms with Gasteiger partial charge in [-0.3, -0.25) is 9.78 Å². The van der Waals surface area contributed by atoms with Crippen molar-refractivity contribution in [3.63, 3.8) is 0 Å². The molecule has 0 atom stereocenters. The number of piperidine rings is 1. The Hall–Kier alpha value is -3.08. The van der Waals surface area contributed by atoms with E-state index in [-0.39, 0.29) is 34.8 Å². The highest BCUT2D eigenvalue weighted by Crippen LogP contribution is 2.31. The van der Waals surface area contributed by atoms with Crippen LogP contribution in [0.3, 0.4) is 0 Å². The zero-order valence-corrected chi connectivity index (χ0v) is 24.9. The molecule has 1 N–H and O–H groups in total. The van der Waals surface area contributed by atoms with Crippen LogP contribution in [-0.2, 0) is 24.3 Å². The van der Waals surface area contributed by atoms with E-state index in [0.717, 1.165) is 16.8 Å². The number of aliphatic hydroxyl groups is 1. The van der Waals surface area contributed by atoms with Gasteiger partial charge in [0, 0.05) is 49.7 Å². The Kier molecular flexibility index (Phi) is 10.3. The number of carbonyl (C=O) groups is 2. The van der Waals surface area contributed by atoms with Crippen molar-refractivity contribution in [2.24, 2.45) is 11.8 Å². The van der Waals surface area contributed by atoms with Gasteiger partial charge in [0.05, 0.1) is 12.2 Å². The van der Waals surface area contributed by atoms with Crippen molar-refractivity contribution < 1.29 is 27.9 Å². The number of pyridine rings is 1. The molecule has 2 aliphatic rings. The van der Waals surface area contributed by atoms with Gasteiger partial charge in [0.15, 0.2) is 0 Å². The molecule has 9 nitrogen and oxygen atoms in total. The van der Waals surface area contributed by atoms with E-state index in [0.29, 0.717) is 58.2 Å². The lowest BCUT2D eigenvalue weighted by molar-refractivity contribution is -0.141. The first-order valence-electron chi connectivity index (χ1n) is 14.4. The van der Waals surface area contributed by atoms with E-state index >= 15 is 0 Å². The van der Waals surface area contributed by atoms with Crippen LogP contribution >= 0.6 is 0 Å². The maximum atomic E-state index is 13.9. The highest BCUT2D eigenvalue weighted by atomic mass is 32.2. The topological polar surface area (TPSA) is 117 Å². The van der Waals surface area contributed by atoms with Crippen molar-refractivity contribution in [1.29, 1.82) is 0 Å². The molecule has 1 saturated heterocycles. The predicted octanol–water partition coefficient (Wildman–Crippen LogP) is 4.34. The molecule has 1 aromatic carbocycles. The first-order chi connectivity index (χ1) is 19.5. The first kappa shape index (κ1) is 30.9. The predicted molar refractivity (Wildman–Crippen MR) is 157 cm³/mol. The van der Waals surface area contributed by atoms with Crippen molar-refractivity contribution in [3.05, 3.63) is 59.9 Å². The Morgan fingerprint density at radius 1 is 1.10 bits per heavy atom. The number of carbonyl (C=O) groups excluding carboxylic acids is 2. The van der Waals surface area contributed by atoms with Crippen molar-refractivity contribution >= 4 is 33.7 Å². The van der Waals surface area contributed by atoms with Crippen LogP contribution in [0.4, 0.5) is 5.69 Å². The number of aliphatic hydroxyl groups excluding tert-OH is 1. The average Bonchev–Trinajstić information content (AvgIpc) is 2.95. The third kappa shape index (κ3) is 8.24. The van der Waals surface area contributed by atoms with Crippen molar-refractivity contribution in [2.75, 3.05) is 24.5 Å². The summed E-state index contributed by atoms with van der Waals surface area (Å²) < 4.78 is 33.1. The minimum atomic E-state index is -3.63. The summed E-state index contributed by atoms with van der Waals surface area (Å²) in [6.45, 7) is 6.62. The molecular weight excluding hydrogens is 542 g/mol. The highest BCUT2D eigenvalue weighted by molar-refractivity contribution is 7.89. The molecule has 41 heavy (non-hydrogen) atoms. The second-order valence-corrected chi connectivity index (χ2v) is 13.4. The number of benzene rings is 1. The Balaban J connectivity index is 1.50. The van der Waals surface area contributed by atoms with Gasteiger partial charge in [-0.05, 0) is 101 Å². The molecule has 222 valence electrons. The summed E-state index contributed by atoms with van der Waals surface area (Å²) in [4.78, 5) is 31.9. The summed E-state index contributed by atoms with van der Waals surface area (Å²) in [6, 6.07) is 9.15. The Bertz CT molecular complexity index is 1340. The van der Waals surface area contributed by atoms with Crippen LogP contribution in [-0.4, -0.2) is 66.5 Å². The van der Waals surface area contributed by atoms with Crippen LogP contribution in [0.15, 0.2) is 53.7 Å². The standard InChI is InChI=1S/C31H41N3O6S/c1-22(2)40-30(36)12-7-24-5-4-6-27(18-24)34(31(37)26-8-10-28(35)11-9-26)21-25-13-15-33(16-14-25)41(38,39)29-17-23(3)19-32-20-29/h4-7,12,17-20,22,25-26,28,35H,8-11,13-16,21H2,1-3H3/b12-7+. The Labute approximate surface area is 243 Å². The number of aryl methyl sites for hydroxylation is 1. The van der Waals surface area contributed by atoms with Gasteiger partial charge in [0.25, 0.3) is 0 Å². The van der Waals surface area contributed by atoms with Crippen LogP contribution in [0.2, 0.25) is 0 Å². The van der Waals surface area contributed by atoms with Crippen molar-refractivity contribution in [3.8, 4) is 0 Å². The van der Waals surface area contributed by atoms with Crippen molar-refractivity contribution in [2.45, 2.75) is 76.4 Å². The molecule has 0 spiro atoms. The fourth-order valence-corrected chi connectivity index (χ4v) is 7.02. The third-order valence-electron chi connectivity index (χ3n) is 7.76. The van der Waals surface area contributed by atoms with Crippen LogP contribution in [0.25, 0.3) is 6.08 Å². The number of rotatable bonds is 9. The molecule has 1 aromatic heterocycles. The maximum Gasteiger partial charge on any atom is 0.331 e. The lowest BCUT2D eigenvalue weighted by Gasteiger charge is -2.36. The fraction of sp³-hybridized carbons (Fsp3) is 0.516. The molecule has 2 fully saturated rings. The van der Waals surface area contributed by atoms with Gasteiger partial charge in [-0.2, -0.15) is 4.31 Å². The summed E-state index contributed by atoms with van der Waals surface area (Å²) in [7, 11) is -3.63. The summed E-state index contributed by atoms with van der Waals surface area (Å²) in [5.41, 5.74) is 2.30. The lowest BCUT2D eigenvalue weighted by atomic mass is 9.86. The first-order valence-corrected chi connectivity index (χ1v) is 15.9. The number of ether oxygens (including phenoxy) is 1. The maximum absolute atomic E-state index is 13.9. The summed E-state index contributed by atoms with van der Waals surface area (Å²) in [6.07, 6.45) is 9.26. The molecule has 1 aliphatic carbocycles. The second kappa shape index (κ2) is 13.7. The summed E-state index contributed by atoms with van der Waals surface area (Å²) in [5.74, 6) is -0.455. The monoisotopic (exact) mass is 583 g/mol. The molecule has 4 rings (SSSR count). The normalized spacial score (nSPS) is 20.8. The molecule has 1 saturated carbocycles. The van der Waals surface area contributed by atoms with Gasteiger partial charge < -0.3 is 14.7 Å². The number of amides is 1. The summed E-state index contributed by atoms with van der Waals surface area (Å²) >= 11 is 0. The molecule has 1 aliphatic heterocycles. The number of anilines is 1. The van der Waals surface area contributed by atoms with Gasteiger partial charge in [0.1, 0.15) is 4.90 Å². The molecule has 0 unspecified atom stereocenters. The summed E-state index contributed by atoms with van der Waals surface area (Å²) in [5, 5.41) is 9.98. The van der Waals surface area contributed by atoms with E-state index in [1.165, 1.54) is 16.6 Å². The van der Waals surface area contributed by atoms with E-state index in [9.17, 15) is 23.1 Å². The van der Waals surface area contributed by atoms with E-state index in [4.69, 9.17) is 4.74 Å². The van der Waals surface area contributed by atoms with Crippen LogP contribution in [0.1, 0.15) is 63.5 Å². The van der Waals surface area contributed by atoms with Crippen LogP contribution in [0.5, 0.6) is 0 Å². The zero-order chi connectivity index (χ0) is 29.6. The van der Waals surface area contributed by atoms with Gasteiger partial charge >= 0.3 is 5.97 Å². The van der Waals surface area contributed by atoms with Gasteiger partial charge in [-0.25, -0.2) is 13.2 Å². The molecule has 0 radical (unpaired) electrons. The van der Waals surface area contributed by atoms with E-state index in [1.807, 2.05) is 36.1 Å². The molecule has 2 heterocycles. The van der Waals surface area contributed by atoms with Crippen molar-refractivity contribution in [1.82, 2.24) is 9.29 Å². The zero-order valence-electron chi connectivity index (χ0n) is 24.1. The average molecular weight is 584 g/mol. The lowest BCUT2D eigenvalue weighted by Crippen LogP contribution is -2.45. The largest absolute Gasteiger partial charge is 0.460 e. The molecule has 2 aromatic rings. The van der Waals surface area contributed by atoms with E-state index in [2.05, 4.69) is 4.98 Å². The number of nitrogens with zero attached hydrogens (tertiary/aromatic N) is 3. The Morgan fingerprint density at radius 3 is 2.46 bits per heavy atom. The highest BCUT2D eigenvalue weighted by Gasteiger charge is 2.34. The minimum absolute atomic E-state index is 0.0260. The number of sulfonamides is 1.